The van der Waals surface area contributed by atoms with Crippen molar-refractivity contribution in [2.45, 2.75) is 32.0 Å². The molecule has 5 heteroatoms. The zero-order valence-corrected chi connectivity index (χ0v) is 15.6. The fourth-order valence-electron chi connectivity index (χ4n) is 4.05. The summed E-state index contributed by atoms with van der Waals surface area (Å²) < 4.78 is 7.93. The van der Waals surface area contributed by atoms with Crippen LogP contribution < -0.4 is 4.74 Å². The zero-order valence-electron chi connectivity index (χ0n) is 15.6. The molecule has 3 aromatic rings. The molecule has 26 heavy (non-hydrogen) atoms. The highest BCUT2D eigenvalue weighted by atomic mass is 16.5. The van der Waals surface area contributed by atoms with Crippen molar-refractivity contribution in [1.29, 1.82) is 0 Å². The number of ether oxygens (including phenoxy) is 1. The third kappa shape index (κ3) is 2.77. The third-order valence-corrected chi connectivity index (χ3v) is 5.41. The summed E-state index contributed by atoms with van der Waals surface area (Å²) in [6.07, 6.45) is 4.42. The van der Waals surface area contributed by atoms with Gasteiger partial charge in [-0.15, -0.1) is 0 Å². The molecule has 0 saturated heterocycles. The number of pyridine rings is 1. The van der Waals surface area contributed by atoms with E-state index in [4.69, 9.17) is 4.74 Å². The Kier molecular flexibility index (Phi) is 4.21. The molecule has 1 aromatic carbocycles. The summed E-state index contributed by atoms with van der Waals surface area (Å²) in [5, 5.41) is 12.5. The van der Waals surface area contributed by atoms with Crippen molar-refractivity contribution in [1.82, 2.24) is 14.5 Å². The maximum atomic E-state index is 11.2. The minimum atomic E-state index is -0.993. The van der Waals surface area contributed by atoms with Crippen molar-refractivity contribution in [2.24, 2.45) is 0 Å². The smallest absolute Gasteiger partial charge is 0.143 e. The summed E-state index contributed by atoms with van der Waals surface area (Å²) in [5.74, 6) is 0.852. The highest BCUT2D eigenvalue weighted by Crippen LogP contribution is 2.37. The van der Waals surface area contributed by atoms with Gasteiger partial charge in [0.25, 0.3) is 0 Å². The number of fused-ring (bicyclic) bond motifs is 3. The first-order valence-corrected chi connectivity index (χ1v) is 8.99. The van der Waals surface area contributed by atoms with Gasteiger partial charge in [0, 0.05) is 43.0 Å². The molecule has 4 rings (SSSR count). The number of likely N-dealkylation sites (N-methyl/N-ethyl adjacent to an activating group) is 1. The fraction of sp³-hybridized carbons (Fsp3) is 0.381. The molecule has 1 N–H and O–H groups in total. The molecule has 1 unspecified atom stereocenters. The Morgan fingerprint density at radius 1 is 1.23 bits per heavy atom. The zero-order chi connectivity index (χ0) is 18.3. The second-order valence-electron chi connectivity index (χ2n) is 7.37. The first kappa shape index (κ1) is 17.1. The van der Waals surface area contributed by atoms with Crippen molar-refractivity contribution >= 4 is 10.9 Å². The average Bonchev–Trinajstić information content (AvgIpc) is 2.95. The quantitative estimate of drug-likeness (QED) is 0.785. The Morgan fingerprint density at radius 2 is 2.00 bits per heavy atom. The highest BCUT2D eigenvalue weighted by Gasteiger charge is 2.30. The second kappa shape index (κ2) is 6.41. The van der Waals surface area contributed by atoms with Gasteiger partial charge < -0.3 is 19.3 Å². The van der Waals surface area contributed by atoms with E-state index in [0.29, 0.717) is 6.54 Å². The molecule has 0 spiro atoms. The van der Waals surface area contributed by atoms with Crippen molar-refractivity contribution < 1.29 is 9.84 Å². The van der Waals surface area contributed by atoms with Gasteiger partial charge in [-0.2, -0.15) is 0 Å². The number of benzene rings is 1. The lowest BCUT2D eigenvalue weighted by atomic mass is 9.96. The Labute approximate surface area is 153 Å². The molecule has 0 radical (unpaired) electrons. The predicted molar refractivity (Wildman–Crippen MR) is 102 cm³/mol. The van der Waals surface area contributed by atoms with Crippen LogP contribution in [0, 0.1) is 0 Å². The largest absolute Gasteiger partial charge is 0.495 e. The lowest BCUT2D eigenvalue weighted by Crippen LogP contribution is -2.31. The van der Waals surface area contributed by atoms with Gasteiger partial charge >= 0.3 is 0 Å². The maximum Gasteiger partial charge on any atom is 0.143 e. The molecule has 0 saturated carbocycles. The van der Waals surface area contributed by atoms with Gasteiger partial charge in [-0.1, -0.05) is 12.1 Å². The summed E-state index contributed by atoms with van der Waals surface area (Å²) in [6.45, 7) is 4.28. The fourth-order valence-corrected chi connectivity index (χ4v) is 4.05. The van der Waals surface area contributed by atoms with Gasteiger partial charge in [0.15, 0.2) is 0 Å². The van der Waals surface area contributed by atoms with E-state index in [9.17, 15) is 5.11 Å². The van der Waals surface area contributed by atoms with Gasteiger partial charge in [0.05, 0.1) is 19.2 Å². The topological polar surface area (TPSA) is 50.5 Å². The molecule has 2 aromatic heterocycles. The molecule has 136 valence electrons. The third-order valence-electron chi connectivity index (χ3n) is 5.41. The van der Waals surface area contributed by atoms with Crippen LogP contribution in [0.4, 0.5) is 0 Å². The minimum absolute atomic E-state index is 0.479. The van der Waals surface area contributed by atoms with Crippen LogP contribution in [0.25, 0.3) is 10.9 Å². The molecule has 3 heterocycles. The Hall–Kier alpha value is -2.37. The van der Waals surface area contributed by atoms with Crippen LogP contribution in [0.15, 0.2) is 42.7 Å². The number of para-hydroxylation sites is 1. The Balaban J connectivity index is 1.89. The number of hydrogen-bond acceptors (Lipinski definition) is 4. The Bertz CT molecular complexity index is 931. The summed E-state index contributed by atoms with van der Waals surface area (Å²) >= 11 is 0. The molecule has 1 aliphatic heterocycles. The molecule has 0 amide bonds. The van der Waals surface area contributed by atoms with Crippen molar-refractivity contribution in [3.8, 4) is 5.75 Å². The predicted octanol–water partition coefficient (Wildman–Crippen LogP) is 2.94. The maximum absolute atomic E-state index is 11.2. The van der Waals surface area contributed by atoms with Gasteiger partial charge in [-0.25, -0.2) is 0 Å². The average molecular weight is 351 g/mol. The van der Waals surface area contributed by atoms with Crippen LogP contribution in [0.2, 0.25) is 0 Å². The lowest BCUT2D eigenvalue weighted by Gasteiger charge is -2.29. The lowest BCUT2D eigenvalue weighted by molar-refractivity contribution is 0.0383. The van der Waals surface area contributed by atoms with Gasteiger partial charge in [0.2, 0.25) is 0 Å². The molecule has 0 aliphatic carbocycles. The summed E-state index contributed by atoms with van der Waals surface area (Å²) in [6, 6.07) is 9.95. The van der Waals surface area contributed by atoms with Crippen LogP contribution >= 0.6 is 0 Å². The highest BCUT2D eigenvalue weighted by molar-refractivity contribution is 5.90. The minimum Gasteiger partial charge on any atom is -0.495 e. The molecule has 1 aliphatic rings. The standard InChI is InChI=1S/C21H25N3O2/c1-21(25,15-7-10-22-11-8-15)14-24-18-9-12-23(2)13-17(18)16-5-4-6-19(26-3)20(16)24/h4-8,10-11,25H,9,12-14H2,1-3H3. The number of aromatic nitrogens is 2. The SMILES string of the molecule is COc1cccc2c3c(n(CC(C)(O)c4ccncc4)c12)CCN(C)C3. The van der Waals surface area contributed by atoms with E-state index in [2.05, 4.69) is 27.6 Å². The van der Waals surface area contributed by atoms with E-state index >= 15 is 0 Å². The normalized spacial score (nSPS) is 17.1. The van der Waals surface area contributed by atoms with E-state index in [1.165, 1.54) is 16.6 Å². The van der Waals surface area contributed by atoms with E-state index in [1.807, 2.05) is 31.2 Å². The Morgan fingerprint density at radius 3 is 2.73 bits per heavy atom. The van der Waals surface area contributed by atoms with Crippen LogP contribution in [0.5, 0.6) is 5.75 Å². The van der Waals surface area contributed by atoms with Crippen molar-refractivity contribution in [3.63, 3.8) is 0 Å². The monoisotopic (exact) mass is 351 g/mol. The summed E-state index contributed by atoms with van der Waals surface area (Å²) in [7, 11) is 3.86. The van der Waals surface area contributed by atoms with Gasteiger partial charge in [-0.3, -0.25) is 4.98 Å². The first-order valence-electron chi connectivity index (χ1n) is 8.99. The van der Waals surface area contributed by atoms with E-state index in [-0.39, 0.29) is 0 Å². The van der Waals surface area contributed by atoms with E-state index < -0.39 is 5.60 Å². The molecule has 0 fully saturated rings. The van der Waals surface area contributed by atoms with E-state index in [1.54, 1.807) is 19.5 Å². The molecular weight excluding hydrogens is 326 g/mol. The second-order valence-corrected chi connectivity index (χ2v) is 7.37. The molecular formula is C21H25N3O2. The van der Waals surface area contributed by atoms with Crippen molar-refractivity contribution in [3.05, 3.63) is 59.5 Å². The number of hydrogen-bond donors (Lipinski definition) is 1. The molecule has 0 bridgehead atoms. The summed E-state index contributed by atoms with van der Waals surface area (Å²) in [5.41, 5.74) is 3.60. The van der Waals surface area contributed by atoms with E-state index in [0.717, 1.165) is 36.3 Å². The number of methoxy groups -OCH3 is 1. The van der Waals surface area contributed by atoms with Crippen LogP contribution in [0.3, 0.4) is 0 Å². The van der Waals surface area contributed by atoms with Crippen LogP contribution in [-0.4, -0.2) is 40.3 Å². The van der Waals surface area contributed by atoms with Gasteiger partial charge in [0.1, 0.15) is 11.4 Å². The number of rotatable bonds is 4. The molecule has 1 atom stereocenters. The molecule has 5 nitrogen and oxygen atoms in total. The number of aliphatic hydroxyl groups is 1. The summed E-state index contributed by atoms with van der Waals surface area (Å²) in [4.78, 5) is 6.41. The van der Waals surface area contributed by atoms with Gasteiger partial charge in [-0.05, 0) is 43.3 Å². The van der Waals surface area contributed by atoms with Crippen molar-refractivity contribution in [2.75, 3.05) is 20.7 Å². The first-order chi connectivity index (χ1) is 12.5. The van der Waals surface area contributed by atoms with Crippen LogP contribution in [-0.2, 0) is 25.1 Å². The number of nitrogens with zero attached hydrogens (tertiary/aromatic N) is 3. The van der Waals surface area contributed by atoms with Crippen LogP contribution in [0.1, 0.15) is 23.7 Å².